The van der Waals surface area contributed by atoms with Crippen LogP contribution in [0.15, 0.2) is 17.3 Å². The van der Waals surface area contributed by atoms with Crippen molar-refractivity contribution in [2.75, 3.05) is 20.2 Å². The molecule has 0 saturated carbocycles. The van der Waals surface area contributed by atoms with E-state index in [-0.39, 0.29) is 11.5 Å². The fraction of sp³-hybridized carbons (Fsp3) is 0.700. The minimum Gasteiger partial charge on any atom is -0.396 e. The van der Waals surface area contributed by atoms with E-state index >= 15 is 0 Å². The van der Waals surface area contributed by atoms with Crippen LogP contribution in [0.3, 0.4) is 0 Å². The molecule has 0 saturated heterocycles. The number of aliphatic hydroxyl groups is 1. The zero-order valence-corrected chi connectivity index (χ0v) is 11.0. The molecule has 0 aliphatic heterocycles. The molecule has 0 radical (unpaired) electrons. The second kappa shape index (κ2) is 6.13. The third kappa shape index (κ3) is 3.52. The number of sulfonamides is 1. The van der Waals surface area contributed by atoms with Crippen LogP contribution in [0.2, 0.25) is 0 Å². The maximum absolute atomic E-state index is 12.0. The van der Waals surface area contributed by atoms with Gasteiger partial charge in [-0.2, -0.15) is 5.10 Å². The van der Waals surface area contributed by atoms with E-state index in [9.17, 15) is 8.42 Å². The first-order chi connectivity index (χ1) is 8.02. The second-order valence-corrected chi connectivity index (χ2v) is 5.89. The molecule has 0 aliphatic rings. The van der Waals surface area contributed by atoms with Gasteiger partial charge in [0, 0.05) is 32.9 Å². The van der Waals surface area contributed by atoms with Gasteiger partial charge in [0.1, 0.15) is 4.90 Å². The van der Waals surface area contributed by atoms with Crippen molar-refractivity contribution >= 4 is 10.0 Å². The third-order valence-corrected chi connectivity index (χ3v) is 4.21. The Morgan fingerprint density at radius 2 is 2.24 bits per heavy atom. The SMILES string of the molecule is CCCN(C)S(=O)(=O)c1cnn(CCCO)c1. The lowest BCUT2D eigenvalue weighted by molar-refractivity contribution is 0.277. The van der Waals surface area contributed by atoms with Gasteiger partial charge in [0.25, 0.3) is 0 Å². The molecule has 1 heterocycles. The molecule has 1 aromatic heterocycles. The van der Waals surface area contributed by atoms with E-state index in [1.54, 1.807) is 7.05 Å². The van der Waals surface area contributed by atoms with Gasteiger partial charge in [-0.3, -0.25) is 4.68 Å². The fourth-order valence-corrected chi connectivity index (χ4v) is 2.67. The second-order valence-electron chi connectivity index (χ2n) is 3.84. The Morgan fingerprint density at radius 1 is 1.53 bits per heavy atom. The van der Waals surface area contributed by atoms with E-state index < -0.39 is 10.0 Å². The van der Waals surface area contributed by atoms with E-state index in [2.05, 4.69) is 5.10 Å². The summed E-state index contributed by atoms with van der Waals surface area (Å²) in [6.45, 7) is 3.00. The van der Waals surface area contributed by atoms with Gasteiger partial charge < -0.3 is 5.11 Å². The highest BCUT2D eigenvalue weighted by Gasteiger charge is 2.21. The van der Waals surface area contributed by atoms with Crippen LogP contribution >= 0.6 is 0 Å². The van der Waals surface area contributed by atoms with Gasteiger partial charge in [0.2, 0.25) is 10.0 Å². The summed E-state index contributed by atoms with van der Waals surface area (Å²) in [5, 5.41) is 12.6. The van der Waals surface area contributed by atoms with Crippen molar-refractivity contribution in [1.29, 1.82) is 0 Å². The van der Waals surface area contributed by atoms with Crippen molar-refractivity contribution in [3.63, 3.8) is 0 Å². The normalized spacial score (nSPS) is 12.2. The van der Waals surface area contributed by atoms with Crippen molar-refractivity contribution < 1.29 is 13.5 Å². The van der Waals surface area contributed by atoms with E-state index in [0.717, 1.165) is 6.42 Å². The summed E-state index contributed by atoms with van der Waals surface area (Å²) >= 11 is 0. The largest absolute Gasteiger partial charge is 0.396 e. The fourth-order valence-electron chi connectivity index (χ4n) is 1.45. The summed E-state index contributed by atoms with van der Waals surface area (Å²) in [7, 11) is -1.86. The van der Waals surface area contributed by atoms with Gasteiger partial charge in [-0.05, 0) is 12.8 Å². The van der Waals surface area contributed by atoms with Crippen LogP contribution in [0.4, 0.5) is 0 Å². The molecule has 1 aromatic rings. The summed E-state index contributed by atoms with van der Waals surface area (Å²) in [5.41, 5.74) is 0. The van der Waals surface area contributed by atoms with Crippen molar-refractivity contribution in [1.82, 2.24) is 14.1 Å². The average Bonchev–Trinajstić information content (AvgIpc) is 2.75. The van der Waals surface area contributed by atoms with Crippen LogP contribution < -0.4 is 0 Å². The number of hydrogen-bond acceptors (Lipinski definition) is 4. The number of rotatable bonds is 7. The Morgan fingerprint density at radius 3 is 2.82 bits per heavy atom. The van der Waals surface area contributed by atoms with Crippen molar-refractivity contribution in [3.05, 3.63) is 12.4 Å². The molecule has 6 nitrogen and oxygen atoms in total. The summed E-state index contributed by atoms with van der Waals surface area (Å²) in [6.07, 6.45) is 4.18. The quantitative estimate of drug-likeness (QED) is 0.766. The molecule has 0 bridgehead atoms. The average molecular weight is 261 g/mol. The molecular formula is C10H19N3O3S. The molecule has 0 fully saturated rings. The lowest BCUT2D eigenvalue weighted by atomic mass is 10.5. The Labute approximate surface area is 102 Å². The molecule has 0 unspecified atom stereocenters. The van der Waals surface area contributed by atoms with Gasteiger partial charge in [-0.25, -0.2) is 12.7 Å². The van der Waals surface area contributed by atoms with Crippen LogP contribution in [0.5, 0.6) is 0 Å². The first-order valence-corrected chi connectivity index (χ1v) is 7.06. The smallest absolute Gasteiger partial charge is 0.245 e. The van der Waals surface area contributed by atoms with Crippen LogP contribution in [0.25, 0.3) is 0 Å². The lowest BCUT2D eigenvalue weighted by Gasteiger charge is -2.14. The number of nitrogens with zero attached hydrogens (tertiary/aromatic N) is 3. The van der Waals surface area contributed by atoms with Gasteiger partial charge in [0.05, 0.1) is 6.20 Å². The molecule has 17 heavy (non-hydrogen) atoms. The Bertz CT molecular complexity index is 441. The Balaban J connectivity index is 2.81. The van der Waals surface area contributed by atoms with Crippen LogP contribution in [-0.4, -0.2) is 47.8 Å². The maximum Gasteiger partial charge on any atom is 0.245 e. The number of hydrogen-bond donors (Lipinski definition) is 1. The minimum absolute atomic E-state index is 0.0671. The maximum atomic E-state index is 12.0. The first kappa shape index (κ1) is 14.1. The predicted molar refractivity (Wildman–Crippen MR) is 64.0 cm³/mol. The van der Waals surface area contributed by atoms with Gasteiger partial charge in [0.15, 0.2) is 0 Å². The summed E-state index contributed by atoms with van der Waals surface area (Å²) in [6, 6.07) is 0. The van der Waals surface area contributed by atoms with Crippen molar-refractivity contribution in [3.8, 4) is 0 Å². The predicted octanol–water partition coefficient (Wildman–Crippen LogP) is 0.296. The zero-order valence-electron chi connectivity index (χ0n) is 10.2. The molecule has 0 amide bonds. The summed E-state index contributed by atoms with van der Waals surface area (Å²) in [4.78, 5) is 0.200. The molecule has 98 valence electrons. The van der Waals surface area contributed by atoms with E-state index in [1.807, 2.05) is 6.92 Å². The molecule has 1 N–H and O–H groups in total. The van der Waals surface area contributed by atoms with Crippen LogP contribution in [0.1, 0.15) is 19.8 Å². The minimum atomic E-state index is -3.42. The first-order valence-electron chi connectivity index (χ1n) is 5.62. The molecule has 0 atom stereocenters. The third-order valence-electron chi connectivity index (χ3n) is 2.40. The summed E-state index contributed by atoms with van der Waals surface area (Å²) < 4.78 is 26.9. The molecule has 0 spiro atoms. The standard InChI is InChI=1S/C10H19N3O3S/c1-3-5-12(2)17(15,16)10-8-11-13(9-10)6-4-7-14/h8-9,14H,3-7H2,1-2H3. The van der Waals surface area contributed by atoms with Crippen LogP contribution in [-0.2, 0) is 16.6 Å². The highest BCUT2D eigenvalue weighted by Crippen LogP contribution is 2.13. The molecular weight excluding hydrogens is 242 g/mol. The highest BCUT2D eigenvalue weighted by molar-refractivity contribution is 7.89. The van der Waals surface area contributed by atoms with Gasteiger partial charge >= 0.3 is 0 Å². The van der Waals surface area contributed by atoms with Gasteiger partial charge in [-0.1, -0.05) is 6.92 Å². The Kier molecular flexibility index (Phi) is 5.10. The monoisotopic (exact) mass is 261 g/mol. The molecule has 0 aliphatic carbocycles. The molecule has 1 rings (SSSR count). The van der Waals surface area contributed by atoms with Crippen molar-refractivity contribution in [2.24, 2.45) is 0 Å². The zero-order chi connectivity index (χ0) is 12.9. The molecule has 7 heteroatoms. The van der Waals surface area contributed by atoms with Crippen molar-refractivity contribution in [2.45, 2.75) is 31.2 Å². The number of aliphatic hydroxyl groups excluding tert-OH is 1. The van der Waals surface area contributed by atoms with Gasteiger partial charge in [-0.15, -0.1) is 0 Å². The van der Waals surface area contributed by atoms with E-state index in [1.165, 1.54) is 21.4 Å². The van der Waals surface area contributed by atoms with E-state index in [0.29, 0.717) is 19.5 Å². The topological polar surface area (TPSA) is 75.4 Å². The van der Waals surface area contributed by atoms with E-state index in [4.69, 9.17) is 5.11 Å². The highest BCUT2D eigenvalue weighted by atomic mass is 32.2. The summed E-state index contributed by atoms with van der Waals surface area (Å²) in [5.74, 6) is 0. The van der Waals surface area contributed by atoms with Crippen LogP contribution in [0, 0.1) is 0 Å². The number of aryl methyl sites for hydroxylation is 1. The Hall–Kier alpha value is -0.920. The molecule has 0 aromatic carbocycles. The lowest BCUT2D eigenvalue weighted by Crippen LogP contribution is -2.27. The number of aromatic nitrogens is 2.